The second-order valence-electron chi connectivity index (χ2n) is 7.76. The van der Waals surface area contributed by atoms with Crippen molar-refractivity contribution in [2.24, 2.45) is 0 Å². The molecule has 0 aromatic heterocycles. The van der Waals surface area contributed by atoms with Crippen LogP contribution in [0, 0.1) is 0 Å². The van der Waals surface area contributed by atoms with E-state index in [0.29, 0.717) is 11.3 Å². The number of alkyl halides is 3. The quantitative estimate of drug-likeness (QED) is 0.625. The molecule has 11 heteroatoms. The van der Waals surface area contributed by atoms with E-state index in [9.17, 15) is 26.4 Å². The van der Waals surface area contributed by atoms with E-state index < -0.39 is 42.6 Å². The largest absolute Gasteiger partial charge is 0.471 e. The fourth-order valence-electron chi connectivity index (χ4n) is 2.49. The first-order valence-corrected chi connectivity index (χ1v) is 13.9. The average Bonchev–Trinajstić information content (AvgIpc) is 2.47. The summed E-state index contributed by atoms with van der Waals surface area (Å²) in [5.74, 6) is -1.91. The topological polar surface area (TPSA) is 75.7 Å². The maximum Gasteiger partial charge on any atom is 0.471 e. The molecule has 0 aliphatic carbocycles. The highest BCUT2D eigenvalue weighted by Crippen LogP contribution is 2.28. The Balaban J connectivity index is 3.20. The van der Waals surface area contributed by atoms with Gasteiger partial charge in [-0.3, -0.25) is 9.52 Å². The molecule has 0 fully saturated rings. The van der Waals surface area contributed by atoms with Crippen LogP contribution in [0.1, 0.15) is 25.5 Å². The first-order valence-electron chi connectivity index (χ1n) is 8.63. The van der Waals surface area contributed by atoms with Crippen molar-refractivity contribution in [3.8, 4) is 0 Å². The summed E-state index contributed by atoms with van der Waals surface area (Å²) in [6.07, 6.45) is -4.73. The average molecular weight is 441 g/mol. The van der Waals surface area contributed by atoms with Crippen molar-refractivity contribution >= 4 is 29.9 Å². The number of nitrogens with zero attached hydrogens (tertiary/aromatic N) is 1. The molecule has 1 rings (SSSR count). The van der Waals surface area contributed by atoms with Crippen LogP contribution in [0.15, 0.2) is 24.3 Å². The molecule has 1 aromatic rings. The van der Waals surface area contributed by atoms with Crippen LogP contribution in [0.2, 0.25) is 19.6 Å². The van der Waals surface area contributed by atoms with Gasteiger partial charge in [-0.05, 0) is 51.2 Å². The minimum absolute atomic E-state index is 0.265. The van der Waals surface area contributed by atoms with E-state index in [0.717, 1.165) is 11.2 Å². The van der Waals surface area contributed by atoms with Gasteiger partial charge in [-0.1, -0.05) is 12.1 Å². The van der Waals surface area contributed by atoms with Crippen molar-refractivity contribution in [1.82, 2.24) is 4.90 Å². The number of hydrogen-bond donors (Lipinski definition) is 1. The normalized spacial score (nSPS) is 14.1. The smallest absolute Gasteiger partial charge is 0.409 e. The second kappa shape index (κ2) is 8.83. The van der Waals surface area contributed by atoms with E-state index >= 15 is 0 Å². The van der Waals surface area contributed by atoms with E-state index in [4.69, 9.17) is 4.43 Å². The summed E-state index contributed by atoms with van der Waals surface area (Å²) in [5, 5.41) is 0. The molecular weight excluding hydrogens is 413 g/mol. The predicted molar refractivity (Wildman–Crippen MR) is 105 cm³/mol. The lowest BCUT2D eigenvalue weighted by Gasteiger charge is -2.34. The van der Waals surface area contributed by atoms with E-state index in [-0.39, 0.29) is 6.54 Å². The standard InChI is InChI=1S/C17H27F3N2O4SSi/c1-12(2)22(16(23)17(18,19)20)11-15(26-28(4,5)6)13-7-9-14(10-8-13)21-27(3,24)25/h7-10,12,15,21H,11H2,1-6H3. The van der Waals surface area contributed by atoms with Gasteiger partial charge >= 0.3 is 12.1 Å². The van der Waals surface area contributed by atoms with Crippen molar-refractivity contribution in [2.45, 2.75) is 51.8 Å². The number of sulfonamides is 1. The highest BCUT2D eigenvalue weighted by molar-refractivity contribution is 7.92. The highest BCUT2D eigenvalue weighted by atomic mass is 32.2. The summed E-state index contributed by atoms with van der Waals surface area (Å²) in [5.41, 5.74) is 0.882. The zero-order chi connectivity index (χ0) is 21.9. The van der Waals surface area contributed by atoms with E-state index in [2.05, 4.69) is 4.72 Å². The fourth-order valence-corrected chi connectivity index (χ4v) is 4.12. The van der Waals surface area contributed by atoms with Crippen LogP contribution in [0.5, 0.6) is 0 Å². The minimum Gasteiger partial charge on any atom is -0.409 e. The Hall–Kier alpha value is -1.59. The molecule has 1 atom stereocenters. The molecule has 6 nitrogen and oxygen atoms in total. The Morgan fingerprint density at radius 3 is 2.04 bits per heavy atom. The van der Waals surface area contributed by atoms with Crippen LogP contribution in [0.3, 0.4) is 0 Å². The minimum atomic E-state index is -4.97. The second-order valence-corrected chi connectivity index (χ2v) is 14.0. The molecule has 0 aliphatic rings. The van der Waals surface area contributed by atoms with Gasteiger partial charge in [0.25, 0.3) is 0 Å². The van der Waals surface area contributed by atoms with E-state index in [1.807, 2.05) is 19.6 Å². The molecule has 0 radical (unpaired) electrons. The van der Waals surface area contributed by atoms with E-state index in [1.54, 1.807) is 12.1 Å². The van der Waals surface area contributed by atoms with Crippen LogP contribution in [-0.2, 0) is 19.2 Å². The zero-order valence-corrected chi connectivity index (χ0v) is 18.6. The monoisotopic (exact) mass is 440 g/mol. The molecule has 1 aromatic carbocycles. The lowest BCUT2D eigenvalue weighted by Crippen LogP contribution is -2.48. The van der Waals surface area contributed by atoms with Gasteiger partial charge in [-0.2, -0.15) is 13.2 Å². The number of rotatable bonds is 8. The summed E-state index contributed by atoms with van der Waals surface area (Å²) >= 11 is 0. The first-order chi connectivity index (χ1) is 12.5. The fraction of sp³-hybridized carbons (Fsp3) is 0.588. The van der Waals surface area contributed by atoms with Gasteiger partial charge in [0, 0.05) is 11.7 Å². The Morgan fingerprint density at radius 1 is 1.18 bits per heavy atom. The maximum absolute atomic E-state index is 13.0. The number of hydrogen-bond acceptors (Lipinski definition) is 4. The zero-order valence-electron chi connectivity index (χ0n) is 16.8. The molecule has 1 N–H and O–H groups in total. The van der Waals surface area contributed by atoms with Crippen LogP contribution in [-0.4, -0.2) is 52.6 Å². The molecule has 0 bridgehead atoms. The Morgan fingerprint density at radius 2 is 1.68 bits per heavy atom. The summed E-state index contributed by atoms with van der Waals surface area (Å²) in [6, 6.07) is 5.49. The SMILES string of the molecule is CC(C)N(CC(O[Si](C)(C)C)c1ccc(NS(C)(=O)=O)cc1)C(=O)C(F)(F)F. The number of halogens is 3. The van der Waals surface area contributed by atoms with Gasteiger partial charge in [0.1, 0.15) is 0 Å². The van der Waals surface area contributed by atoms with Gasteiger partial charge in [0.15, 0.2) is 8.32 Å². The Bertz CT molecular complexity index is 775. The molecule has 1 amide bonds. The number of benzene rings is 1. The predicted octanol–water partition coefficient (Wildman–Crippen LogP) is 3.75. The Kier molecular flexibility index (Phi) is 7.71. The molecule has 0 spiro atoms. The third-order valence-electron chi connectivity index (χ3n) is 3.57. The molecule has 0 saturated carbocycles. The number of nitrogens with one attached hydrogen (secondary N) is 1. The van der Waals surface area contributed by atoms with Crippen LogP contribution >= 0.6 is 0 Å². The molecule has 0 saturated heterocycles. The van der Waals surface area contributed by atoms with Crippen molar-refractivity contribution in [3.63, 3.8) is 0 Å². The number of anilines is 1. The molecule has 0 heterocycles. The molecule has 160 valence electrons. The summed E-state index contributed by atoms with van der Waals surface area (Å²) < 4.78 is 69.9. The number of carbonyl (C=O) groups is 1. The third kappa shape index (κ3) is 8.19. The summed E-state index contributed by atoms with van der Waals surface area (Å²) in [6.45, 7) is 8.43. The van der Waals surface area contributed by atoms with E-state index in [1.165, 1.54) is 26.0 Å². The van der Waals surface area contributed by atoms with Crippen molar-refractivity contribution in [3.05, 3.63) is 29.8 Å². The molecule has 28 heavy (non-hydrogen) atoms. The van der Waals surface area contributed by atoms with Gasteiger partial charge in [-0.15, -0.1) is 0 Å². The summed E-state index contributed by atoms with van der Waals surface area (Å²) in [4.78, 5) is 12.6. The third-order valence-corrected chi connectivity index (χ3v) is 5.17. The van der Waals surface area contributed by atoms with Crippen molar-refractivity contribution in [1.29, 1.82) is 0 Å². The summed E-state index contributed by atoms with van der Waals surface area (Å²) in [7, 11) is -5.62. The maximum atomic E-state index is 13.0. The first kappa shape index (κ1) is 24.4. The number of carbonyl (C=O) groups excluding carboxylic acids is 1. The molecule has 1 unspecified atom stereocenters. The molecular formula is C17H27F3N2O4SSi. The van der Waals surface area contributed by atoms with Gasteiger partial charge in [-0.25, -0.2) is 8.42 Å². The lowest BCUT2D eigenvalue weighted by molar-refractivity contribution is -0.188. The van der Waals surface area contributed by atoms with Crippen molar-refractivity contribution in [2.75, 3.05) is 17.5 Å². The van der Waals surface area contributed by atoms with Gasteiger partial charge in [0.05, 0.1) is 18.9 Å². The lowest BCUT2D eigenvalue weighted by atomic mass is 10.1. The molecule has 0 aliphatic heterocycles. The Labute approximate surface area is 165 Å². The number of amides is 1. The highest BCUT2D eigenvalue weighted by Gasteiger charge is 2.44. The van der Waals surface area contributed by atoms with Crippen LogP contribution in [0.4, 0.5) is 18.9 Å². The van der Waals surface area contributed by atoms with Gasteiger partial charge in [0.2, 0.25) is 10.0 Å². The van der Waals surface area contributed by atoms with Crippen molar-refractivity contribution < 1.29 is 30.8 Å². The van der Waals surface area contributed by atoms with Crippen LogP contribution < -0.4 is 4.72 Å². The van der Waals surface area contributed by atoms with Crippen LogP contribution in [0.25, 0.3) is 0 Å². The van der Waals surface area contributed by atoms with Gasteiger partial charge < -0.3 is 9.33 Å².